The summed E-state index contributed by atoms with van der Waals surface area (Å²) in [6.45, 7) is 0. The second kappa shape index (κ2) is 4.07. The highest BCUT2D eigenvalue weighted by Gasteiger charge is 2.16. The van der Waals surface area contributed by atoms with Crippen molar-refractivity contribution in [1.82, 2.24) is 0 Å². The molecule has 0 fully saturated rings. The highest BCUT2D eigenvalue weighted by Crippen LogP contribution is 2.18. The first-order chi connectivity index (χ1) is 6.61. The van der Waals surface area contributed by atoms with E-state index >= 15 is 0 Å². The van der Waals surface area contributed by atoms with Crippen molar-refractivity contribution in [2.24, 2.45) is 0 Å². The number of nitrogens with zero attached hydrogens (tertiary/aromatic N) is 1. The third-order valence-corrected chi connectivity index (χ3v) is 2.00. The number of halogens is 2. The van der Waals surface area contributed by atoms with Gasteiger partial charge < -0.3 is 5.11 Å². The number of alkyl halides is 1. The molecule has 3 nitrogen and oxygen atoms in total. The molecule has 0 aliphatic heterocycles. The first-order valence-corrected chi connectivity index (χ1v) is 4.16. The topological polar surface area (TPSA) is 61.1 Å². The maximum Gasteiger partial charge on any atom is 0.338 e. The molecule has 0 saturated heterocycles. The second-order valence-corrected chi connectivity index (χ2v) is 2.78. The van der Waals surface area contributed by atoms with Crippen molar-refractivity contribution in [3.8, 4) is 6.07 Å². The summed E-state index contributed by atoms with van der Waals surface area (Å²) in [5.74, 6) is -2.46. The SMILES string of the molecule is N#Cc1c(CCl)ccc(C(=O)O)c1F. The van der Waals surface area contributed by atoms with Crippen LogP contribution >= 0.6 is 11.6 Å². The van der Waals surface area contributed by atoms with Gasteiger partial charge in [0.25, 0.3) is 0 Å². The van der Waals surface area contributed by atoms with Gasteiger partial charge in [-0.05, 0) is 11.6 Å². The molecule has 0 aliphatic carbocycles. The Bertz CT molecular complexity index is 426. The van der Waals surface area contributed by atoms with E-state index in [1.165, 1.54) is 6.07 Å². The zero-order valence-electron chi connectivity index (χ0n) is 6.92. The minimum atomic E-state index is -1.40. The van der Waals surface area contributed by atoms with Gasteiger partial charge in [-0.2, -0.15) is 5.26 Å². The molecule has 72 valence electrons. The molecule has 0 bridgehead atoms. The molecule has 0 aromatic heterocycles. The predicted octanol–water partition coefficient (Wildman–Crippen LogP) is 2.13. The molecule has 5 heteroatoms. The molecule has 0 unspecified atom stereocenters. The zero-order chi connectivity index (χ0) is 10.7. The van der Waals surface area contributed by atoms with E-state index in [1.54, 1.807) is 6.07 Å². The summed E-state index contributed by atoms with van der Waals surface area (Å²) in [4.78, 5) is 10.5. The lowest BCUT2D eigenvalue weighted by atomic mass is 10.0. The molecule has 1 rings (SSSR count). The van der Waals surface area contributed by atoms with Crippen LogP contribution in [-0.2, 0) is 5.88 Å². The van der Waals surface area contributed by atoms with E-state index in [-0.39, 0.29) is 17.0 Å². The number of nitriles is 1. The van der Waals surface area contributed by atoms with Gasteiger partial charge in [-0.1, -0.05) is 6.07 Å². The normalized spacial score (nSPS) is 9.50. The van der Waals surface area contributed by atoms with Gasteiger partial charge in [0.1, 0.15) is 6.07 Å². The Balaban J connectivity index is 3.44. The molecule has 0 amide bonds. The van der Waals surface area contributed by atoms with Gasteiger partial charge in [0.15, 0.2) is 5.82 Å². The molecular formula is C9H5ClFNO2. The van der Waals surface area contributed by atoms with Gasteiger partial charge in [-0.25, -0.2) is 9.18 Å². The molecule has 0 radical (unpaired) electrons. The Hall–Kier alpha value is -1.60. The van der Waals surface area contributed by atoms with E-state index < -0.39 is 17.3 Å². The Labute approximate surface area is 84.3 Å². The number of aromatic carboxylic acids is 1. The van der Waals surface area contributed by atoms with E-state index in [2.05, 4.69) is 0 Å². The van der Waals surface area contributed by atoms with Crippen molar-refractivity contribution in [2.75, 3.05) is 0 Å². The molecule has 14 heavy (non-hydrogen) atoms. The number of carboxylic acids is 1. The Morgan fingerprint density at radius 3 is 2.71 bits per heavy atom. The average Bonchev–Trinajstić information content (AvgIpc) is 2.16. The quantitative estimate of drug-likeness (QED) is 0.766. The number of rotatable bonds is 2. The molecule has 0 aliphatic rings. The molecule has 0 saturated carbocycles. The standard InChI is InChI=1S/C9H5ClFNO2/c10-3-5-1-2-6(9(13)14)8(11)7(5)4-12/h1-2H,3H2,(H,13,14). The highest BCUT2D eigenvalue weighted by atomic mass is 35.5. The van der Waals surface area contributed by atoms with Crippen LogP contribution in [0, 0.1) is 17.1 Å². The van der Waals surface area contributed by atoms with Gasteiger partial charge >= 0.3 is 5.97 Å². The summed E-state index contributed by atoms with van der Waals surface area (Å²) in [6.07, 6.45) is 0. The summed E-state index contributed by atoms with van der Waals surface area (Å²) >= 11 is 5.45. The minimum Gasteiger partial charge on any atom is -0.478 e. The smallest absolute Gasteiger partial charge is 0.338 e. The van der Waals surface area contributed by atoms with Gasteiger partial charge in [0.2, 0.25) is 0 Å². The first-order valence-electron chi connectivity index (χ1n) is 3.62. The summed E-state index contributed by atoms with van der Waals surface area (Å²) < 4.78 is 13.3. The molecule has 1 N–H and O–H groups in total. The summed E-state index contributed by atoms with van der Waals surface area (Å²) in [6, 6.07) is 4.01. The molecule has 0 spiro atoms. The highest BCUT2D eigenvalue weighted by molar-refractivity contribution is 6.17. The summed E-state index contributed by atoms with van der Waals surface area (Å²) in [7, 11) is 0. The number of carboxylic acid groups (broad SMARTS) is 1. The minimum absolute atomic E-state index is 0.0281. The van der Waals surface area contributed by atoms with Gasteiger partial charge in [0, 0.05) is 5.88 Å². The van der Waals surface area contributed by atoms with Crippen LogP contribution in [0.1, 0.15) is 21.5 Å². The van der Waals surface area contributed by atoms with Crippen LogP contribution in [0.25, 0.3) is 0 Å². The van der Waals surface area contributed by atoms with Crippen molar-refractivity contribution < 1.29 is 14.3 Å². The van der Waals surface area contributed by atoms with Gasteiger partial charge in [0.05, 0.1) is 11.1 Å². The van der Waals surface area contributed by atoms with E-state index in [0.717, 1.165) is 6.07 Å². The molecule has 1 aromatic rings. The lowest BCUT2D eigenvalue weighted by Crippen LogP contribution is -2.04. The van der Waals surface area contributed by atoms with Crippen molar-refractivity contribution in [2.45, 2.75) is 5.88 Å². The Kier molecular flexibility index (Phi) is 3.05. The van der Waals surface area contributed by atoms with Crippen LogP contribution in [0.4, 0.5) is 4.39 Å². The van der Waals surface area contributed by atoms with Gasteiger partial charge in [-0.15, -0.1) is 11.6 Å². The van der Waals surface area contributed by atoms with Crippen LogP contribution in [0.3, 0.4) is 0 Å². The molecule has 1 aromatic carbocycles. The summed E-state index contributed by atoms with van der Waals surface area (Å²) in [5.41, 5.74) is -0.535. The number of carbonyl (C=O) groups is 1. The van der Waals surface area contributed by atoms with Crippen LogP contribution < -0.4 is 0 Å². The van der Waals surface area contributed by atoms with Gasteiger partial charge in [-0.3, -0.25) is 0 Å². The lowest BCUT2D eigenvalue weighted by molar-refractivity contribution is 0.0692. The van der Waals surface area contributed by atoms with E-state index in [0.29, 0.717) is 0 Å². The van der Waals surface area contributed by atoms with E-state index in [4.69, 9.17) is 22.0 Å². The first kappa shape index (κ1) is 10.5. The van der Waals surface area contributed by atoms with Crippen LogP contribution in [0.2, 0.25) is 0 Å². The largest absolute Gasteiger partial charge is 0.478 e. The van der Waals surface area contributed by atoms with Crippen LogP contribution in [0.15, 0.2) is 12.1 Å². The lowest BCUT2D eigenvalue weighted by Gasteiger charge is -2.03. The third kappa shape index (κ3) is 1.68. The zero-order valence-corrected chi connectivity index (χ0v) is 7.68. The fraction of sp³-hybridized carbons (Fsp3) is 0.111. The fourth-order valence-corrected chi connectivity index (χ4v) is 1.24. The summed E-state index contributed by atoms with van der Waals surface area (Å²) in [5, 5.41) is 17.2. The van der Waals surface area contributed by atoms with Crippen LogP contribution in [0.5, 0.6) is 0 Å². The van der Waals surface area contributed by atoms with E-state index in [1.807, 2.05) is 0 Å². The monoisotopic (exact) mass is 213 g/mol. The van der Waals surface area contributed by atoms with Crippen molar-refractivity contribution in [3.63, 3.8) is 0 Å². The molecular weight excluding hydrogens is 209 g/mol. The van der Waals surface area contributed by atoms with E-state index in [9.17, 15) is 9.18 Å². The maximum atomic E-state index is 13.3. The molecule has 0 atom stereocenters. The Morgan fingerprint density at radius 2 is 2.29 bits per heavy atom. The van der Waals surface area contributed by atoms with Crippen molar-refractivity contribution in [1.29, 1.82) is 5.26 Å². The molecule has 0 heterocycles. The Morgan fingerprint density at radius 1 is 1.64 bits per heavy atom. The number of hydrogen-bond acceptors (Lipinski definition) is 2. The third-order valence-electron chi connectivity index (χ3n) is 1.71. The number of hydrogen-bond donors (Lipinski definition) is 1. The fourth-order valence-electron chi connectivity index (χ4n) is 1.01. The number of benzene rings is 1. The average molecular weight is 214 g/mol. The maximum absolute atomic E-state index is 13.3. The van der Waals surface area contributed by atoms with Crippen molar-refractivity contribution >= 4 is 17.6 Å². The predicted molar refractivity (Wildman–Crippen MR) is 47.6 cm³/mol. The second-order valence-electron chi connectivity index (χ2n) is 2.51. The van der Waals surface area contributed by atoms with Crippen molar-refractivity contribution in [3.05, 3.63) is 34.6 Å². The van der Waals surface area contributed by atoms with Crippen LogP contribution in [-0.4, -0.2) is 11.1 Å².